The second kappa shape index (κ2) is 5.51. The van der Waals surface area contributed by atoms with Crippen molar-refractivity contribution in [2.75, 3.05) is 7.11 Å². The Morgan fingerprint density at radius 3 is 2.95 bits per heavy atom. The maximum atomic E-state index is 11.3. The standard InChI is InChI=1S/C16H17NO3/c1-19-16(18)12-7-13(20-10-12)9-17-15-8-14(15)11-5-3-2-4-6-11/h2-7,10,14-15,17H,8-9H2,1H3. The van der Waals surface area contributed by atoms with Crippen molar-refractivity contribution in [2.24, 2.45) is 0 Å². The summed E-state index contributed by atoms with van der Waals surface area (Å²) in [6.07, 6.45) is 2.58. The molecule has 0 spiro atoms. The molecule has 0 amide bonds. The Bertz CT molecular complexity index is 591. The molecule has 0 bridgehead atoms. The van der Waals surface area contributed by atoms with Crippen LogP contribution in [0.4, 0.5) is 0 Å². The van der Waals surface area contributed by atoms with Gasteiger partial charge in [-0.2, -0.15) is 0 Å². The van der Waals surface area contributed by atoms with Gasteiger partial charge in [0.2, 0.25) is 0 Å². The average molecular weight is 271 g/mol. The van der Waals surface area contributed by atoms with E-state index in [1.165, 1.54) is 18.9 Å². The second-order valence-electron chi connectivity index (χ2n) is 5.03. The first-order valence-corrected chi connectivity index (χ1v) is 6.72. The number of carbonyl (C=O) groups is 1. The van der Waals surface area contributed by atoms with Crippen molar-refractivity contribution in [3.05, 3.63) is 59.5 Å². The van der Waals surface area contributed by atoms with Crippen LogP contribution in [0.2, 0.25) is 0 Å². The monoisotopic (exact) mass is 271 g/mol. The summed E-state index contributed by atoms with van der Waals surface area (Å²) in [6.45, 7) is 0.630. The van der Waals surface area contributed by atoms with Gasteiger partial charge in [-0.15, -0.1) is 0 Å². The first-order chi connectivity index (χ1) is 9.78. The Morgan fingerprint density at radius 1 is 1.40 bits per heavy atom. The van der Waals surface area contributed by atoms with Crippen LogP contribution in [0, 0.1) is 0 Å². The Kier molecular flexibility index (Phi) is 3.56. The maximum absolute atomic E-state index is 11.3. The van der Waals surface area contributed by atoms with Gasteiger partial charge < -0.3 is 14.5 Å². The Balaban J connectivity index is 1.52. The van der Waals surface area contributed by atoms with Crippen LogP contribution in [0.5, 0.6) is 0 Å². The van der Waals surface area contributed by atoms with Gasteiger partial charge in [-0.3, -0.25) is 0 Å². The van der Waals surface area contributed by atoms with Gasteiger partial charge in [0.25, 0.3) is 0 Å². The van der Waals surface area contributed by atoms with Crippen LogP contribution in [-0.2, 0) is 11.3 Å². The van der Waals surface area contributed by atoms with Crippen molar-refractivity contribution in [1.29, 1.82) is 0 Å². The van der Waals surface area contributed by atoms with Gasteiger partial charge in [0.05, 0.1) is 19.2 Å². The molecule has 3 rings (SSSR count). The molecule has 1 heterocycles. The van der Waals surface area contributed by atoms with E-state index >= 15 is 0 Å². The van der Waals surface area contributed by atoms with Gasteiger partial charge >= 0.3 is 5.97 Å². The molecule has 1 aromatic heterocycles. The summed E-state index contributed by atoms with van der Waals surface area (Å²) in [4.78, 5) is 11.3. The summed E-state index contributed by atoms with van der Waals surface area (Å²) in [5.41, 5.74) is 1.83. The first-order valence-electron chi connectivity index (χ1n) is 6.72. The van der Waals surface area contributed by atoms with Crippen molar-refractivity contribution < 1.29 is 13.9 Å². The summed E-state index contributed by atoms with van der Waals surface area (Å²) >= 11 is 0. The molecule has 1 aliphatic carbocycles. The molecule has 1 fully saturated rings. The minimum Gasteiger partial charge on any atom is -0.467 e. The molecule has 0 radical (unpaired) electrons. The van der Waals surface area contributed by atoms with Crippen LogP contribution in [0.15, 0.2) is 47.1 Å². The highest BCUT2D eigenvalue weighted by Crippen LogP contribution is 2.40. The molecule has 1 aromatic carbocycles. The van der Waals surface area contributed by atoms with E-state index in [1.807, 2.05) is 6.07 Å². The highest BCUT2D eigenvalue weighted by molar-refractivity contribution is 5.88. The Morgan fingerprint density at radius 2 is 2.20 bits per heavy atom. The third-order valence-corrected chi connectivity index (χ3v) is 3.63. The smallest absolute Gasteiger partial charge is 0.341 e. The minimum atomic E-state index is -0.367. The largest absolute Gasteiger partial charge is 0.467 e. The van der Waals surface area contributed by atoms with Gasteiger partial charge in [0, 0.05) is 12.0 Å². The van der Waals surface area contributed by atoms with Crippen molar-refractivity contribution in [2.45, 2.75) is 24.9 Å². The fourth-order valence-electron chi connectivity index (χ4n) is 2.42. The normalized spacial score (nSPS) is 20.6. The van der Waals surface area contributed by atoms with E-state index in [9.17, 15) is 4.79 Å². The summed E-state index contributed by atoms with van der Waals surface area (Å²) in [6, 6.07) is 12.7. The van der Waals surface area contributed by atoms with E-state index in [1.54, 1.807) is 6.07 Å². The predicted molar refractivity (Wildman–Crippen MR) is 74.5 cm³/mol. The predicted octanol–water partition coefficient (Wildman–Crippen LogP) is 2.71. The number of hydrogen-bond acceptors (Lipinski definition) is 4. The lowest BCUT2D eigenvalue weighted by Gasteiger charge is -2.02. The van der Waals surface area contributed by atoms with Crippen LogP contribution >= 0.6 is 0 Å². The number of hydrogen-bond donors (Lipinski definition) is 1. The molecule has 1 aliphatic rings. The number of esters is 1. The lowest BCUT2D eigenvalue weighted by molar-refractivity contribution is 0.0600. The third kappa shape index (κ3) is 2.75. The van der Waals surface area contributed by atoms with E-state index in [2.05, 4.69) is 34.3 Å². The van der Waals surface area contributed by atoms with Crippen LogP contribution in [-0.4, -0.2) is 19.1 Å². The number of carbonyl (C=O) groups excluding carboxylic acids is 1. The quantitative estimate of drug-likeness (QED) is 0.849. The molecule has 104 valence electrons. The summed E-state index contributed by atoms with van der Waals surface area (Å²) in [7, 11) is 1.36. The minimum absolute atomic E-state index is 0.367. The Labute approximate surface area is 117 Å². The molecule has 1 N–H and O–H groups in total. The molecule has 2 aromatic rings. The number of ether oxygens (including phenoxy) is 1. The number of furan rings is 1. The zero-order valence-electron chi connectivity index (χ0n) is 11.3. The van der Waals surface area contributed by atoms with Gasteiger partial charge in [-0.1, -0.05) is 30.3 Å². The molecular weight excluding hydrogens is 254 g/mol. The molecule has 2 atom stereocenters. The van der Waals surface area contributed by atoms with E-state index in [-0.39, 0.29) is 5.97 Å². The number of methoxy groups -OCH3 is 1. The van der Waals surface area contributed by atoms with Crippen molar-refractivity contribution in [3.63, 3.8) is 0 Å². The molecule has 0 saturated heterocycles. The van der Waals surface area contributed by atoms with Crippen LogP contribution < -0.4 is 5.32 Å². The lowest BCUT2D eigenvalue weighted by atomic mass is 10.1. The summed E-state index contributed by atoms with van der Waals surface area (Å²) < 4.78 is 9.99. The van der Waals surface area contributed by atoms with Crippen LogP contribution in [0.1, 0.15) is 34.0 Å². The number of rotatable bonds is 5. The fraction of sp³-hybridized carbons (Fsp3) is 0.312. The van der Waals surface area contributed by atoms with Crippen molar-refractivity contribution in [1.82, 2.24) is 5.32 Å². The summed E-state index contributed by atoms with van der Waals surface area (Å²) in [5, 5.41) is 3.45. The molecular formula is C16H17NO3. The lowest BCUT2D eigenvalue weighted by Crippen LogP contribution is -2.16. The third-order valence-electron chi connectivity index (χ3n) is 3.63. The van der Waals surface area contributed by atoms with Crippen molar-refractivity contribution >= 4 is 5.97 Å². The van der Waals surface area contributed by atoms with Crippen LogP contribution in [0.3, 0.4) is 0 Å². The second-order valence-corrected chi connectivity index (χ2v) is 5.03. The molecule has 2 unspecified atom stereocenters. The molecule has 1 saturated carbocycles. The molecule has 4 nitrogen and oxygen atoms in total. The fourth-order valence-corrected chi connectivity index (χ4v) is 2.42. The van der Waals surface area contributed by atoms with Gasteiger partial charge in [0.15, 0.2) is 0 Å². The van der Waals surface area contributed by atoms with E-state index in [0.717, 1.165) is 12.2 Å². The SMILES string of the molecule is COC(=O)c1coc(CNC2CC2c2ccccc2)c1. The molecule has 4 heteroatoms. The van der Waals surface area contributed by atoms with E-state index < -0.39 is 0 Å². The van der Waals surface area contributed by atoms with Crippen LogP contribution in [0.25, 0.3) is 0 Å². The molecule has 0 aliphatic heterocycles. The number of nitrogens with one attached hydrogen (secondary N) is 1. The van der Waals surface area contributed by atoms with Gasteiger partial charge in [-0.05, 0) is 18.1 Å². The number of benzene rings is 1. The highest BCUT2D eigenvalue weighted by atomic mass is 16.5. The summed E-state index contributed by atoms with van der Waals surface area (Å²) in [5.74, 6) is 0.976. The Hall–Kier alpha value is -2.07. The van der Waals surface area contributed by atoms with E-state index in [0.29, 0.717) is 24.1 Å². The zero-order chi connectivity index (χ0) is 13.9. The molecule has 20 heavy (non-hydrogen) atoms. The van der Waals surface area contributed by atoms with Crippen molar-refractivity contribution in [3.8, 4) is 0 Å². The van der Waals surface area contributed by atoms with E-state index in [4.69, 9.17) is 4.42 Å². The highest BCUT2D eigenvalue weighted by Gasteiger charge is 2.37. The van der Waals surface area contributed by atoms with Gasteiger partial charge in [0.1, 0.15) is 12.0 Å². The van der Waals surface area contributed by atoms with Gasteiger partial charge in [-0.25, -0.2) is 4.79 Å². The first kappa shape index (κ1) is 12.9. The zero-order valence-corrected chi connectivity index (χ0v) is 11.3. The topological polar surface area (TPSA) is 51.5 Å². The average Bonchev–Trinajstić information content (AvgIpc) is 3.13. The maximum Gasteiger partial charge on any atom is 0.341 e.